The Hall–Kier alpha value is -1.06. The summed E-state index contributed by atoms with van der Waals surface area (Å²) in [6, 6.07) is 0. The molecule has 0 radical (unpaired) electrons. The van der Waals surface area contributed by atoms with Gasteiger partial charge < -0.3 is 9.84 Å². The highest BCUT2D eigenvalue weighted by molar-refractivity contribution is 5.69. The van der Waals surface area contributed by atoms with E-state index < -0.39 is 5.97 Å². The molecule has 0 unspecified atom stereocenters. The Balaban J connectivity index is 3.28. The van der Waals surface area contributed by atoms with Gasteiger partial charge in [0.05, 0.1) is 6.61 Å². The zero-order valence-electron chi connectivity index (χ0n) is 9.49. The molecule has 0 aromatic rings. The molecule has 15 heavy (non-hydrogen) atoms. The monoisotopic (exact) mass is 216 g/mol. The zero-order valence-corrected chi connectivity index (χ0v) is 9.49. The molecule has 0 heterocycles. The molecule has 0 aromatic carbocycles. The zero-order chi connectivity index (χ0) is 11.7. The maximum atomic E-state index is 11.1. The quantitative estimate of drug-likeness (QED) is 0.499. The third-order valence-corrected chi connectivity index (χ3v) is 1.85. The molecule has 4 heteroatoms. The molecule has 0 fully saturated rings. The number of carboxylic acid groups (broad SMARTS) is 1. The highest BCUT2D eigenvalue weighted by atomic mass is 16.5. The maximum absolute atomic E-state index is 11.1. The summed E-state index contributed by atoms with van der Waals surface area (Å²) in [5, 5.41) is 8.38. The molecule has 4 nitrogen and oxygen atoms in total. The number of carbonyl (C=O) groups is 2. The molecule has 0 saturated heterocycles. The van der Waals surface area contributed by atoms with Crippen molar-refractivity contribution in [2.75, 3.05) is 6.61 Å². The SMILES string of the molecule is CC(C)COC(=O)CCCCCC(=O)O. The van der Waals surface area contributed by atoms with Crippen LogP contribution in [0.5, 0.6) is 0 Å². The van der Waals surface area contributed by atoms with Crippen molar-refractivity contribution in [2.45, 2.75) is 46.0 Å². The molecule has 0 atom stereocenters. The van der Waals surface area contributed by atoms with Crippen molar-refractivity contribution >= 4 is 11.9 Å². The Morgan fingerprint density at radius 1 is 1.13 bits per heavy atom. The summed E-state index contributed by atoms with van der Waals surface area (Å²) in [5.41, 5.74) is 0. The topological polar surface area (TPSA) is 63.6 Å². The van der Waals surface area contributed by atoms with Gasteiger partial charge in [-0.3, -0.25) is 9.59 Å². The Bertz CT molecular complexity index is 199. The second-order valence-corrected chi connectivity index (χ2v) is 4.03. The molecule has 0 bridgehead atoms. The molecule has 0 aliphatic carbocycles. The number of aliphatic carboxylic acids is 1. The highest BCUT2D eigenvalue weighted by Gasteiger charge is 2.04. The molecule has 88 valence electrons. The lowest BCUT2D eigenvalue weighted by atomic mass is 10.1. The molecule has 0 spiro atoms. The number of hydrogen-bond acceptors (Lipinski definition) is 3. The number of ether oxygens (including phenoxy) is 1. The molecular formula is C11H20O4. The van der Waals surface area contributed by atoms with E-state index >= 15 is 0 Å². The normalized spacial score (nSPS) is 10.3. The fourth-order valence-electron chi connectivity index (χ4n) is 1.05. The van der Waals surface area contributed by atoms with Gasteiger partial charge in [-0.15, -0.1) is 0 Å². The van der Waals surface area contributed by atoms with Gasteiger partial charge in [-0.2, -0.15) is 0 Å². The predicted octanol–water partition coefficient (Wildman–Crippen LogP) is 2.22. The molecule has 1 N–H and O–H groups in total. The second-order valence-electron chi connectivity index (χ2n) is 4.03. The van der Waals surface area contributed by atoms with Gasteiger partial charge in [-0.1, -0.05) is 20.3 Å². The molecule has 0 rings (SSSR count). The lowest BCUT2D eigenvalue weighted by molar-refractivity contribution is -0.144. The number of esters is 1. The van der Waals surface area contributed by atoms with Gasteiger partial charge in [-0.05, 0) is 18.8 Å². The molecule has 0 saturated carbocycles. The van der Waals surface area contributed by atoms with Crippen LogP contribution in [0.25, 0.3) is 0 Å². The van der Waals surface area contributed by atoms with E-state index in [0.717, 1.165) is 6.42 Å². The summed E-state index contributed by atoms with van der Waals surface area (Å²) in [4.78, 5) is 21.3. The summed E-state index contributed by atoms with van der Waals surface area (Å²) >= 11 is 0. The van der Waals surface area contributed by atoms with E-state index in [-0.39, 0.29) is 12.4 Å². The molecular weight excluding hydrogens is 196 g/mol. The van der Waals surface area contributed by atoms with Crippen molar-refractivity contribution in [1.82, 2.24) is 0 Å². The van der Waals surface area contributed by atoms with Crippen LogP contribution in [-0.2, 0) is 14.3 Å². The molecule has 0 aromatic heterocycles. The summed E-state index contributed by atoms with van der Waals surface area (Å²) < 4.78 is 4.98. The highest BCUT2D eigenvalue weighted by Crippen LogP contribution is 2.04. The molecule has 0 aliphatic rings. The van der Waals surface area contributed by atoms with Gasteiger partial charge in [-0.25, -0.2) is 0 Å². The first-order valence-corrected chi connectivity index (χ1v) is 5.39. The van der Waals surface area contributed by atoms with Gasteiger partial charge in [0, 0.05) is 12.8 Å². The minimum atomic E-state index is -0.780. The lowest BCUT2D eigenvalue weighted by Crippen LogP contribution is -2.09. The van der Waals surface area contributed by atoms with Gasteiger partial charge in [0.1, 0.15) is 0 Å². The average molecular weight is 216 g/mol. The second kappa shape index (κ2) is 8.26. The van der Waals surface area contributed by atoms with Crippen LogP contribution in [0.3, 0.4) is 0 Å². The Morgan fingerprint density at radius 3 is 2.27 bits per heavy atom. The van der Waals surface area contributed by atoms with E-state index in [1.165, 1.54) is 0 Å². The van der Waals surface area contributed by atoms with Crippen LogP contribution in [0.1, 0.15) is 46.0 Å². The first kappa shape index (κ1) is 13.9. The molecule has 0 aliphatic heterocycles. The standard InChI is InChI=1S/C11H20O4/c1-9(2)8-15-11(14)7-5-3-4-6-10(12)13/h9H,3-8H2,1-2H3,(H,12,13). The van der Waals surface area contributed by atoms with Crippen molar-refractivity contribution < 1.29 is 19.4 Å². The van der Waals surface area contributed by atoms with Crippen molar-refractivity contribution in [1.29, 1.82) is 0 Å². The van der Waals surface area contributed by atoms with Gasteiger partial charge in [0.15, 0.2) is 0 Å². The number of unbranched alkanes of at least 4 members (excludes halogenated alkanes) is 2. The van der Waals surface area contributed by atoms with Crippen LogP contribution in [0, 0.1) is 5.92 Å². The Morgan fingerprint density at radius 2 is 1.73 bits per heavy atom. The first-order valence-electron chi connectivity index (χ1n) is 5.39. The maximum Gasteiger partial charge on any atom is 0.305 e. The van der Waals surface area contributed by atoms with E-state index in [2.05, 4.69) is 0 Å². The number of carbonyl (C=O) groups excluding carboxylic acids is 1. The summed E-state index contributed by atoms with van der Waals surface area (Å²) in [6.07, 6.45) is 2.69. The van der Waals surface area contributed by atoms with Gasteiger partial charge in [0.25, 0.3) is 0 Å². The van der Waals surface area contributed by atoms with Crippen molar-refractivity contribution in [3.8, 4) is 0 Å². The van der Waals surface area contributed by atoms with E-state index in [1.807, 2.05) is 13.8 Å². The molecule has 0 amide bonds. The fourth-order valence-corrected chi connectivity index (χ4v) is 1.05. The van der Waals surface area contributed by atoms with E-state index in [9.17, 15) is 9.59 Å². The van der Waals surface area contributed by atoms with Crippen molar-refractivity contribution in [3.63, 3.8) is 0 Å². The van der Waals surface area contributed by atoms with Gasteiger partial charge in [0.2, 0.25) is 0 Å². The van der Waals surface area contributed by atoms with Crippen molar-refractivity contribution in [2.24, 2.45) is 5.92 Å². The van der Waals surface area contributed by atoms with Crippen LogP contribution < -0.4 is 0 Å². The van der Waals surface area contributed by atoms with Crippen molar-refractivity contribution in [3.05, 3.63) is 0 Å². The predicted molar refractivity (Wildman–Crippen MR) is 56.5 cm³/mol. The number of hydrogen-bond donors (Lipinski definition) is 1. The fraction of sp³-hybridized carbons (Fsp3) is 0.818. The number of rotatable bonds is 8. The van der Waals surface area contributed by atoms with Gasteiger partial charge >= 0.3 is 11.9 Å². The van der Waals surface area contributed by atoms with Crippen LogP contribution >= 0.6 is 0 Å². The third-order valence-electron chi connectivity index (χ3n) is 1.85. The van der Waals surface area contributed by atoms with E-state index in [1.54, 1.807) is 0 Å². The summed E-state index contributed by atoms with van der Waals surface area (Å²) in [7, 11) is 0. The first-order chi connectivity index (χ1) is 7.02. The van der Waals surface area contributed by atoms with E-state index in [4.69, 9.17) is 9.84 Å². The van der Waals surface area contributed by atoms with Crippen LogP contribution in [-0.4, -0.2) is 23.7 Å². The van der Waals surface area contributed by atoms with Crippen LogP contribution in [0.2, 0.25) is 0 Å². The third kappa shape index (κ3) is 10.9. The smallest absolute Gasteiger partial charge is 0.305 e. The average Bonchev–Trinajstić information content (AvgIpc) is 2.13. The van der Waals surface area contributed by atoms with E-state index in [0.29, 0.717) is 31.8 Å². The summed E-state index contributed by atoms with van der Waals surface area (Å²) in [6.45, 7) is 4.44. The van der Waals surface area contributed by atoms with Crippen LogP contribution in [0.15, 0.2) is 0 Å². The summed E-state index contributed by atoms with van der Waals surface area (Å²) in [5.74, 6) is -0.600. The van der Waals surface area contributed by atoms with Crippen LogP contribution in [0.4, 0.5) is 0 Å². The minimum Gasteiger partial charge on any atom is -0.481 e. The Kier molecular flexibility index (Phi) is 7.68. The Labute approximate surface area is 90.6 Å². The largest absolute Gasteiger partial charge is 0.481 e. The minimum absolute atomic E-state index is 0.181. The number of carboxylic acids is 1. The lowest BCUT2D eigenvalue weighted by Gasteiger charge is -2.06.